The molecular weight excluding hydrogens is 466 g/mol. The van der Waals surface area contributed by atoms with Gasteiger partial charge in [-0.05, 0) is 68.3 Å². The minimum absolute atomic E-state index is 0.0142. The highest BCUT2D eigenvalue weighted by Gasteiger charge is 2.30. The molecular formula is C30H31N3O2S. The van der Waals surface area contributed by atoms with Crippen molar-refractivity contribution in [3.05, 3.63) is 93.9 Å². The van der Waals surface area contributed by atoms with Crippen LogP contribution in [0.25, 0.3) is 6.08 Å². The Morgan fingerprint density at radius 3 is 2.47 bits per heavy atom. The third-order valence-electron chi connectivity index (χ3n) is 7.06. The summed E-state index contributed by atoms with van der Waals surface area (Å²) in [6.07, 6.45) is 1.95. The summed E-state index contributed by atoms with van der Waals surface area (Å²) in [4.78, 5) is 34.2. The van der Waals surface area contributed by atoms with Gasteiger partial charge in [-0.15, -0.1) is 0 Å². The molecule has 36 heavy (non-hydrogen) atoms. The van der Waals surface area contributed by atoms with Crippen LogP contribution in [0.3, 0.4) is 0 Å². The van der Waals surface area contributed by atoms with E-state index in [0.717, 1.165) is 28.3 Å². The summed E-state index contributed by atoms with van der Waals surface area (Å²) < 4.78 is 0. The molecule has 0 bridgehead atoms. The van der Waals surface area contributed by atoms with Crippen LogP contribution in [0, 0.1) is 13.8 Å². The van der Waals surface area contributed by atoms with E-state index in [1.807, 2.05) is 60.4 Å². The van der Waals surface area contributed by atoms with E-state index in [9.17, 15) is 9.59 Å². The van der Waals surface area contributed by atoms with E-state index in [2.05, 4.69) is 43.0 Å². The Balaban J connectivity index is 1.33. The molecule has 5 rings (SSSR count). The Morgan fingerprint density at radius 1 is 1.00 bits per heavy atom. The first kappa shape index (κ1) is 24.2. The van der Waals surface area contributed by atoms with Crippen LogP contribution >= 0.6 is 11.8 Å². The maximum absolute atomic E-state index is 13.4. The normalized spacial score (nSPS) is 19.0. The van der Waals surface area contributed by atoms with Crippen molar-refractivity contribution in [1.82, 2.24) is 4.90 Å². The number of thioether (sulfide) groups is 1. The van der Waals surface area contributed by atoms with Crippen molar-refractivity contribution in [3.63, 3.8) is 0 Å². The average molecular weight is 498 g/mol. The van der Waals surface area contributed by atoms with Crippen molar-refractivity contribution >= 4 is 41.0 Å². The zero-order chi connectivity index (χ0) is 25.4. The zero-order valence-corrected chi connectivity index (χ0v) is 22.0. The molecule has 3 aromatic rings. The number of benzene rings is 3. The van der Waals surface area contributed by atoms with E-state index < -0.39 is 0 Å². The molecule has 1 saturated heterocycles. The molecule has 1 atom stereocenters. The summed E-state index contributed by atoms with van der Waals surface area (Å²) in [7, 11) is 1.78. The molecule has 0 N–H and O–H groups in total. The van der Waals surface area contributed by atoms with Gasteiger partial charge in [0.2, 0.25) is 0 Å². The quantitative estimate of drug-likeness (QED) is 0.431. The summed E-state index contributed by atoms with van der Waals surface area (Å²) in [5.41, 5.74) is 6.01. The number of amides is 2. The Kier molecular flexibility index (Phi) is 6.63. The summed E-state index contributed by atoms with van der Waals surface area (Å²) in [5, 5.41) is 0. The molecule has 0 spiro atoms. The molecule has 1 unspecified atom stereocenters. The van der Waals surface area contributed by atoms with Gasteiger partial charge < -0.3 is 14.7 Å². The number of nitrogens with zero attached hydrogens (tertiary/aromatic N) is 3. The van der Waals surface area contributed by atoms with Gasteiger partial charge in [0.05, 0.1) is 10.6 Å². The highest BCUT2D eigenvalue weighted by Crippen LogP contribution is 2.42. The monoisotopic (exact) mass is 497 g/mol. The van der Waals surface area contributed by atoms with E-state index in [1.165, 1.54) is 23.0 Å². The number of carbonyl (C=O) groups is 2. The minimum atomic E-state index is -0.0549. The number of carbonyl (C=O) groups excluding carboxylic acids is 2. The number of piperazine rings is 1. The molecule has 2 aliphatic heterocycles. The zero-order valence-electron chi connectivity index (χ0n) is 21.2. The van der Waals surface area contributed by atoms with Crippen molar-refractivity contribution < 1.29 is 9.59 Å². The van der Waals surface area contributed by atoms with Crippen molar-refractivity contribution in [2.24, 2.45) is 0 Å². The highest BCUT2D eigenvalue weighted by atomic mass is 32.2. The first-order valence-electron chi connectivity index (χ1n) is 12.3. The second-order valence-corrected chi connectivity index (χ2v) is 10.7. The largest absolute Gasteiger partial charge is 0.365 e. The Hall–Kier alpha value is -3.51. The van der Waals surface area contributed by atoms with Gasteiger partial charge in [0.15, 0.2) is 0 Å². The number of likely N-dealkylation sites (N-methyl/N-ethyl adjacent to an activating group) is 1. The van der Waals surface area contributed by atoms with Gasteiger partial charge in [-0.3, -0.25) is 9.59 Å². The number of anilines is 2. The van der Waals surface area contributed by atoms with E-state index >= 15 is 0 Å². The lowest BCUT2D eigenvalue weighted by atomic mass is 10.1. The van der Waals surface area contributed by atoms with Crippen LogP contribution in [0.5, 0.6) is 0 Å². The second kappa shape index (κ2) is 9.86. The topological polar surface area (TPSA) is 43.9 Å². The standard InChI is InChI=1S/C30H31N3O2S/c1-20-9-12-25(13-10-20)33-16-15-32(19-22(33)3)29(34)24-11-14-27-26(17-24)31(4)30(35)28(36-27)18-23-8-6-5-7-21(23)2/h5-14,17-18,22H,15-16,19H2,1-4H3/b28-18-. The average Bonchev–Trinajstić information content (AvgIpc) is 2.88. The van der Waals surface area contributed by atoms with Crippen LogP contribution in [0.2, 0.25) is 0 Å². The first-order valence-corrected chi connectivity index (χ1v) is 13.1. The van der Waals surface area contributed by atoms with Gasteiger partial charge in [-0.2, -0.15) is 0 Å². The number of rotatable bonds is 3. The van der Waals surface area contributed by atoms with Gasteiger partial charge in [0, 0.05) is 48.9 Å². The molecule has 2 amide bonds. The third-order valence-corrected chi connectivity index (χ3v) is 8.14. The smallest absolute Gasteiger partial charge is 0.264 e. The Labute approximate surface area is 217 Å². The van der Waals surface area contributed by atoms with Gasteiger partial charge in [0.25, 0.3) is 11.8 Å². The Morgan fingerprint density at radius 2 is 1.75 bits per heavy atom. The van der Waals surface area contributed by atoms with Crippen molar-refractivity contribution in [2.45, 2.75) is 31.7 Å². The second-order valence-electron chi connectivity index (χ2n) is 9.64. The van der Waals surface area contributed by atoms with Gasteiger partial charge in [-0.25, -0.2) is 0 Å². The molecule has 0 aromatic heterocycles. The number of aryl methyl sites for hydroxylation is 2. The van der Waals surface area contributed by atoms with Gasteiger partial charge in [-0.1, -0.05) is 53.7 Å². The lowest BCUT2D eigenvalue weighted by molar-refractivity contribution is -0.114. The van der Waals surface area contributed by atoms with Crippen LogP contribution in [-0.2, 0) is 4.79 Å². The van der Waals surface area contributed by atoms with Gasteiger partial charge >= 0.3 is 0 Å². The fraction of sp³-hybridized carbons (Fsp3) is 0.267. The van der Waals surface area contributed by atoms with Crippen LogP contribution in [-0.4, -0.2) is 49.4 Å². The first-order chi connectivity index (χ1) is 17.3. The highest BCUT2D eigenvalue weighted by molar-refractivity contribution is 8.04. The van der Waals surface area contributed by atoms with Crippen LogP contribution in [0.1, 0.15) is 34.0 Å². The van der Waals surface area contributed by atoms with Crippen molar-refractivity contribution in [3.8, 4) is 0 Å². The maximum atomic E-state index is 13.4. The third kappa shape index (κ3) is 4.65. The molecule has 0 radical (unpaired) electrons. The number of fused-ring (bicyclic) bond motifs is 1. The molecule has 1 fully saturated rings. The summed E-state index contributed by atoms with van der Waals surface area (Å²) >= 11 is 1.47. The lowest BCUT2D eigenvalue weighted by Crippen LogP contribution is -2.53. The fourth-order valence-corrected chi connectivity index (χ4v) is 5.94. The summed E-state index contributed by atoms with van der Waals surface area (Å²) in [5.74, 6) is -0.0407. The van der Waals surface area contributed by atoms with Crippen molar-refractivity contribution in [2.75, 3.05) is 36.5 Å². The molecule has 6 heteroatoms. The minimum Gasteiger partial charge on any atom is -0.365 e. The lowest BCUT2D eigenvalue weighted by Gasteiger charge is -2.41. The predicted molar refractivity (Wildman–Crippen MR) is 149 cm³/mol. The van der Waals surface area contributed by atoms with E-state index in [0.29, 0.717) is 23.6 Å². The maximum Gasteiger partial charge on any atom is 0.264 e. The summed E-state index contributed by atoms with van der Waals surface area (Å²) in [6, 6.07) is 22.5. The molecule has 2 aliphatic rings. The van der Waals surface area contributed by atoms with Crippen LogP contribution in [0.15, 0.2) is 76.5 Å². The molecule has 2 heterocycles. The Bertz CT molecular complexity index is 1350. The summed E-state index contributed by atoms with van der Waals surface area (Å²) in [6.45, 7) is 8.42. The number of hydrogen-bond donors (Lipinski definition) is 0. The van der Waals surface area contributed by atoms with Gasteiger partial charge in [0.1, 0.15) is 0 Å². The van der Waals surface area contributed by atoms with E-state index in [4.69, 9.17) is 0 Å². The van der Waals surface area contributed by atoms with Crippen LogP contribution < -0.4 is 9.80 Å². The van der Waals surface area contributed by atoms with E-state index in [-0.39, 0.29) is 17.9 Å². The fourth-order valence-electron chi connectivity index (χ4n) is 4.86. The SMILES string of the molecule is Cc1ccc(N2CCN(C(=O)c3ccc4c(c3)N(C)C(=O)/C(=C/c3ccccc3C)S4)CC2C)cc1. The number of hydrogen-bond acceptors (Lipinski definition) is 4. The predicted octanol–water partition coefficient (Wildman–Crippen LogP) is 5.76. The molecule has 3 aromatic carbocycles. The van der Waals surface area contributed by atoms with Crippen LogP contribution in [0.4, 0.5) is 11.4 Å². The molecule has 0 saturated carbocycles. The van der Waals surface area contributed by atoms with Crippen molar-refractivity contribution in [1.29, 1.82) is 0 Å². The van der Waals surface area contributed by atoms with E-state index in [1.54, 1.807) is 11.9 Å². The molecule has 0 aliphatic carbocycles. The molecule has 5 nitrogen and oxygen atoms in total. The molecule has 184 valence electrons.